The van der Waals surface area contributed by atoms with E-state index >= 15 is 0 Å². The molecule has 3 heteroatoms. The topological polar surface area (TPSA) is 18.5 Å². The largest absolute Gasteiger partial charge is 0.317 e. The SMILES string of the molecule is CCCNCCC(C)N1CCN(C2CCCC2)CC1. The lowest BCUT2D eigenvalue weighted by atomic mass is 10.1. The molecule has 0 aromatic heterocycles. The van der Waals surface area contributed by atoms with Gasteiger partial charge in [0.05, 0.1) is 0 Å². The highest BCUT2D eigenvalue weighted by atomic mass is 15.3. The molecule has 2 aliphatic rings. The Morgan fingerprint density at radius 3 is 2.37 bits per heavy atom. The summed E-state index contributed by atoms with van der Waals surface area (Å²) in [4.78, 5) is 5.45. The van der Waals surface area contributed by atoms with Crippen LogP contribution in [-0.4, -0.2) is 61.2 Å². The Kier molecular flexibility index (Phi) is 6.62. The first-order chi connectivity index (χ1) is 9.31. The van der Waals surface area contributed by atoms with Crippen molar-refractivity contribution in [3.05, 3.63) is 0 Å². The van der Waals surface area contributed by atoms with Crippen LogP contribution in [0.3, 0.4) is 0 Å². The summed E-state index contributed by atoms with van der Waals surface area (Å²) in [6, 6.07) is 1.67. The fraction of sp³-hybridized carbons (Fsp3) is 1.00. The van der Waals surface area contributed by atoms with Crippen molar-refractivity contribution in [3.63, 3.8) is 0 Å². The standard InChI is InChI=1S/C16H33N3/c1-3-9-17-10-8-15(2)18-11-13-19(14-12-18)16-6-4-5-7-16/h15-17H,3-14H2,1-2H3. The first-order valence-corrected chi connectivity index (χ1v) is 8.50. The third-order valence-electron chi connectivity index (χ3n) is 4.98. The van der Waals surface area contributed by atoms with Gasteiger partial charge in [0.1, 0.15) is 0 Å². The minimum absolute atomic E-state index is 0.745. The highest BCUT2D eigenvalue weighted by Gasteiger charge is 2.27. The zero-order valence-corrected chi connectivity index (χ0v) is 13.0. The molecule has 112 valence electrons. The number of hydrogen-bond donors (Lipinski definition) is 1. The second-order valence-corrected chi connectivity index (χ2v) is 6.40. The summed E-state index contributed by atoms with van der Waals surface area (Å²) in [6.45, 7) is 12.2. The number of rotatable bonds is 7. The zero-order chi connectivity index (χ0) is 13.5. The van der Waals surface area contributed by atoms with E-state index in [0.717, 1.165) is 12.1 Å². The molecule has 2 fully saturated rings. The fourth-order valence-corrected chi connectivity index (χ4v) is 3.61. The summed E-state index contributed by atoms with van der Waals surface area (Å²) in [5.41, 5.74) is 0. The molecule has 1 N–H and O–H groups in total. The predicted octanol–water partition coefficient (Wildman–Crippen LogP) is 2.32. The van der Waals surface area contributed by atoms with Crippen LogP contribution < -0.4 is 5.32 Å². The molecule has 1 aliphatic carbocycles. The van der Waals surface area contributed by atoms with E-state index in [1.807, 2.05) is 0 Å². The Labute approximate surface area is 119 Å². The Bertz CT molecular complexity index is 230. The van der Waals surface area contributed by atoms with Crippen molar-refractivity contribution in [2.24, 2.45) is 0 Å². The van der Waals surface area contributed by atoms with Crippen molar-refractivity contribution in [1.29, 1.82) is 0 Å². The molecular formula is C16H33N3. The van der Waals surface area contributed by atoms with Gasteiger partial charge in [-0.1, -0.05) is 19.8 Å². The van der Waals surface area contributed by atoms with Crippen LogP contribution in [-0.2, 0) is 0 Å². The molecule has 1 unspecified atom stereocenters. The Morgan fingerprint density at radius 2 is 1.74 bits per heavy atom. The van der Waals surface area contributed by atoms with Crippen LogP contribution in [0.5, 0.6) is 0 Å². The van der Waals surface area contributed by atoms with E-state index in [4.69, 9.17) is 0 Å². The minimum Gasteiger partial charge on any atom is -0.317 e. The van der Waals surface area contributed by atoms with Crippen LogP contribution in [0.25, 0.3) is 0 Å². The van der Waals surface area contributed by atoms with Gasteiger partial charge in [-0.05, 0) is 45.7 Å². The van der Waals surface area contributed by atoms with Crippen molar-refractivity contribution in [2.45, 2.75) is 64.5 Å². The summed E-state index contributed by atoms with van der Waals surface area (Å²) >= 11 is 0. The molecule has 2 rings (SSSR count). The molecule has 0 spiro atoms. The van der Waals surface area contributed by atoms with Crippen molar-refractivity contribution >= 4 is 0 Å². The number of piperazine rings is 1. The summed E-state index contributed by atoms with van der Waals surface area (Å²) in [6.07, 6.45) is 8.37. The van der Waals surface area contributed by atoms with Gasteiger partial charge in [-0.3, -0.25) is 9.80 Å². The Hall–Kier alpha value is -0.120. The van der Waals surface area contributed by atoms with Gasteiger partial charge in [-0.25, -0.2) is 0 Å². The smallest absolute Gasteiger partial charge is 0.0113 e. The normalized spacial score (nSPS) is 24.9. The van der Waals surface area contributed by atoms with E-state index in [1.54, 1.807) is 0 Å². The molecule has 3 nitrogen and oxygen atoms in total. The van der Waals surface area contributed by atoms with Crippen molar-refractivity contribution in [3.8, 4) is 0 Å². The lowest BCUT2D eigenvalue weighted by Gasteiger charge is -2.40. The average molecular weight is 267 g/mol. The van der Waals surface area contributed by atoms with Gasteiger partial charge in [0.15, 0.2) is 0 Å². The Morgan fingerprint density at radius 1 is 1.05 bits per heavy atom. The third-order valence-corrected chi connectivity index (χ3v) is 4.98. The van der Waals surface area contributed by atoms with E-state index in [9.17, 15) is 0 Å². The third kappa shape index (κ3) is 4.73. The Balaban J connectivity index is 1.61. The molecule has 0 radical (unpaired) electrons. The maximum absolute atomic E-state index is 3.52. The first-order valence-electron chi connectivity index (χ1n) is 8.50. The monoisotopic (exact) mass is 267 g/mol. The molecule has 0 aromatic carbocycles. The van der Waals surface area contributed by atoms with Gasteiger partial charge >= 0.3 is 0 Å². The predicted molar refractivity (Wildman–Crippen MR) is 82.6 cm³/mol. The second kappa shape index (κ2) is 8.23. The first kappa shape index (κ1) is 15.3. The summed E-state index contributed by atoms with van der Waals surface area (Å²) in [7, 11) is 0. The average Bonchev–Trinajstić information content (AvgIpc) is 2.98. The van der Waals surface area contributed by atoms with Crippen LogP contribution in [0.15, 0.2) is 0 Å². The van der Waals surface area contributed by atoms with Crippen LogP contribution in [0.2, 0.25) is 0 Å². The quantitative estimate of drug-likeness (QED) is 0.714. The maximum atomic E-state index is 3.52. The molecule has 1 saturated heterocycles. The van der Waals surface area contributed by atoms with E-state index in [0.29, 0.717) is 0 Å². The summed E-state index contributed by atoms with van der Waals surface area (Å²) < 4.78 is 0. The van der Waals surface area contributed by atoms with Gasteiger partial charge in [-0.15, -0.1) is 0 Å². The molecule has 0 bridgehead atoms. The molecule has 1 saturated carbocycles. The molecule has 0 aromatic rings. The van der Waals surface area contributed by atoms with Crippen LogP contribution in [0.4, 0.5) is 0 Å². The number of hydrogen-bond acceptors (Lipinski definition) is 3. The van der Waals surface area contributed by atoms with Gasteiger partial charge in [0.25, 0.3) is 0 Å². The summed E-state index contributed by atoms with van der Waals surface area (Å²) in [5.74, 6) is 0. The van der Waals surface area contributed by atoms with Crippen LogP contribution in [0, 0.1) is 0 Å². The van der Waals surface area contributed by atoms with E-state index in [1.165, 1.54) is 77.8 Å². The highest BCUT2D eigenvalue weighted by molar-refractivity contribution is 4.83. The zero-order valence-electron chi connectivity index (χ0n) is 13.0. The second-order valence-electron chi connectivity index (χ2n) is 6.40. The molecule has 1 heterocycles. The van der Waals surface area contributed by atoms with E-state index in [2.05, 4.69) is 29.0 Å². The number of nitrogens with zero attached hydrogens (tertiary/aromatic N) is 2. The maximum Gasteiger partial charge on any atom is 0.0113 e. The molecule has 0 amide bonds. The number of nitrogens with one attached hydrogen (secondary N) is 1. The fourth-order valence-electron chi connectivity index (χ4n) is 3.61. The summed E-state index contributed by atoms with van der Waals surface area (Å²) in [5, 5.41) is 3.52. The van der Waals surface area contributed by atoms with Gasteiger partial charge in [0.2, 0.25) is 0 Å². The molecule has 19 heavy (non-hydrogen) atoms. The van der Waals surface area contributed by atoms with E-state index in [-0.39, 0.29) is 0 Å². The van der Waals surface area contributed by atoms with Crippen molar-refractivity contribution < 1.29 is 0 Å². The van der Waals surface area contributed by atoms with Crippen molar-refractivity contribution in [1.82, 2.24) is 15.1 Å². The van der Waals surface area contributed by atoms with Crippen molar-refractivity contribution in [2.75, 3.05) is 39.3 Å². The molecular weight excluding hydrogens is 234 g/mol. The molecule has 1 aliphatic heterocycles. The lowest BCUT2D eigenvalue weighted by Crippen LogP contribution is -2.52. The van der Waals surface area contributed by atoms with E-state index < -0.39 is 0 Å². The van der Waals surface area contributed by atoms with Gasteiger partial charge in [0, 0.05) is 38.3 Å². The van der Waals surface area contributed by atoms with Gasteiger partial charge in [-0.2, -0.15) is 0 Å². The lowest BCUT2D eigenvalue weighted by molar-refractivity contribution is 0.0728. The highest BCUT2D eigenvalue weighted by Crippen LogP contribution is 2.24. The van der Waals surface area contributed by atoms with Crippen LogP contribution >= 0.6 is 0 Å². The molecule has 1 atom stereocenters. The minimum atomic E-state index is 0.745. The van der Waals surface area contributed by atoms with Crippen LogP contribution in [0.1, 0.15) is 52.4 Å². The van der Waals surface area contributed by atoms with Gasteiger partial charge < -0.3 is 5.32 Å².